The third-order valence-electron chi connectivity index (χ3n) is 3.73. The molecule has 0 radical (unpaired) electrons. The molecule has 0 atom stereocenters. The summed E-state index contributed by atoms with van der Waals surface area (Å²) in [7, 11) is 1.80. The maximum Gasteiger partial charge on any atom is 0.161 e. The molecule has 2 N–H and O–H groups in total. The average Bonchev–Trinajstić information content (AvgIpc) is 3.01. The molecule has 0 aliphatic heterocycles. The van der Waals surface area contributed by atoms with Crippen LogP contribution < -0.4 is 5.73 Å². The fraction of sp³-hybridized carbons (Fsp3) is 0.429. The van der Waals surface area contributed by atoms with Crippen LogP contribution in [-0.2, 0) is 7.05 Å². The van der Waals surface area contributed by atoms with Crippen LogP contribution in [0.4, 0.5) is 10.1 Å². The quantitative estimate of drug-likeness (QED) is 0.845. The lowest BCUT2D eigenvalue weighted by Gasteiger charge is -2.03. The molecule has 0 amide bonds. The lowest BCUT2D eigenvalue weighted by molar-refractivity contribution is 0.626. The number of hydrogen-bond donors (Lipinski definition) is 1. The molecule has 1 aromatic heterocycles. The number of hydrogen-bond acceptors (Lipinski definition) is 3. The molecule has 0 unspecified atom stereocenters. The Morgan fingerprint density at radius 2 is 2.05 bits per heavy atom. The number of nitrogens with two attached hydrogens (primary N) is 1. The van der Waals surface area contributed by atoms with E-state index in [9.17, 15) is 4.39 Å². The van der Waals surface area contributed by atoms with Crippen LogP contribution in [0.5, 0.6) is 0 Å². The molecule has 1 aliphatic rings. The highest BCUT2D eigenvalue weighted by Gasteiger charge is 2.23. The van der Waals surface area contributed by atoms with Crippen molar-refractivity contribution in [2.45, 2.75) is 31.6 Å². The highest BCUT2D eigenvalue weighted by atomic mass is 19.1. The molecule has 0 saturated heterocycles. The van der Waals surface area contributed by atoms with Crippen molar-refractivity contribution in [1.82, 2.24) is 14.8 Å². The first kappa shape index (κ1) is 12.1. The van der Waals surface area contributed by atoms with Gasteiger partial charge in [-0.25, -0.2) is 14.1 Å². The van der Waals surface area contributed by atoms with Crippen molar-refractivity contribution in [2.75, 3.05) is 5.73 Å². The summed E-state index contributed by atoms with van der Waals surface area (Å²) < 4.78 is 15.5. The van der Waals surface area contributed by atoms with Crippen LogP contribution in [-0.4, -0.2) is 14.8 Å². The van der Waals surface area contributed by atoms with Crippen LogP contribution in [0.25, 0.3) is 11.4 Å². The summed E-state index contributed by atoms with van der Waals surface area (Å²) in [5.74, 6) is 1.48. The molecular formula is C14H17FN4. The molecule has 1 saturated carbocycles. The number of benzene rings is 1. The third kappa shape index (κ3) is 2.20. The van der Waals surface area contributed by atoms with Crippen LogP contribution in [0, 0.1) is 5.82 Å². The van der Waals surface area contributed by atoms with Gasteiger partial charge < -0.3 is 5.73 Å². The van der Waals surface area contributed by atoms with Gasteiger partial charge in [0.25, 0.3) is 0 Å². The van der Waals surface area contributed by atoms with Gasteiger partial charge in [-0.1, -0.05) is 12.8 Å². The zero-order valence-corrected chi connectivity index (χ0v) is 10.9. The Morgan fingerprint density at radius 3 is 2.79 bits per heavy atom. The Kier molecular flexibility index (Phi) is 2.97. The van der Waals surface area contributed by atoms with Crippen LogP contribution in [0.15, 0.2) is 18.2 Å². The minimum absolute atomic E-state index is 0.317. The summed E-state index contributed by atoms with van der Waals surface area (Å²) in [4.78, 5) is 4.52. The van der Waals surface area contributed by atoms with Crippen LogP contribution in [0.3, 0.4) is 0 Å². The molecule has 0 bridgehead atoms. The number of anilines is 1. The summed E-state index contributed by atoms with van der Waals surface area (Å²) in [6.07, 6.45) is 4.71. The van der Waals surface area contributed by atoms with Crippen LogP contribution in [0.1, 0.15) is 37.4 Å². The Labute approximate surface area is 111 Å². The molecule has 1 fully saturated rings. The standard InChI is InChI=1S/C14H17FN4/c1-19-14(11-8-10(16)6-7-12(11)15)17-13(18-19)9-4-2-3-5-9/h6-9H,2-5,16H2,1H3. The fourth-order valence-corrected chi connectivity index (χ4v) is 2.71. The Balaban J connectivity index is 2.02. The van der Waals surface area contributed by atoms with E-state index < -0.39 is 0 Å². The van der Waals surface area contributed by atoms with Gasteiger partial charge in [-0.15, -0.1) is 0 Å². The maximum absolute atomic E-state index is 13.9. The highest BCUT2D eigenvalue weighted by molar-refractivity contribution is 5.62. The average molecular weight is 260 g/mol. The molecule has 100 valence electrons. The smallest absolute Gasteiger partial charge is 0.161 e. The van der Waals surface area contributed by atoms with Crippen LogP contribution >= 0.6 is 0 Å². The Morgan fingerprint density at radius 1 is 1.32 bits per heavy atom. The second-order valence-corrected chi connectivity index (χ2v) is 5.14. The van der Waals surface area contributed by atoms with Gasteiger partial charge in [-0.2, -0.15) is 5.10 Å². The first-order valence-electron chi connectivity index (χ1n) is 6.61. The van der Waals surface area contributed by atoms with Crippen LogP contribution in [0.2, 0.25) is 0 Å². The molecule has 5 heteroatoms. The molecule has 4 nitrogen and oxygen atoms in total. The van der Waals surface area contributed by atoms with Gasteiger partial charge in [-0.3, -0.25) is 0 Å². The monoisotopic (exact) mass is 260 g/mol. The first-order chi connectivity index (χ1) is 9.15. The molecule has 1 aromatic carbocycles. The lowest BCUT2D eigenvalue weighted by Crippen LogP contribution is -1.98. The van der Waals surface area contributed by atoms with E-state index in [1.54, 1.807) is 23.9 Å². The van der Waals surface area contributed by atoms with E-state index in [-0.39, 0.29) is 5.82 Å². The van der Waals surface area contributed by atoms with Gasteiger partial charge in [-0.05, 0) is 31.0 Å². The molecule has 19 heavy (non-hydrogen) atoms. The fourth-order valence-electron chi connectivity index (χ4n) is 2.71. The number of nitrogen functional groups attached to an aromatic ring is 1. The van der Waals surface area contributed by atoms with E-state index in [0.29, 0.717) is 23.0 Å². The highest BCUT2D eigenvalue weighted by Crippen LogP contribution is 2.33. The van der Waals surface area contributed by atoms with E-state index in [0.717, 1.165) is 18.7 Å². The van der Waals surface area contributed by atoms with Gasteiger partial charge in [0.2, 0.25) is 0 Å². The zero-order valence-electron chi connectivity index (χ0n) is 10.9. The zero-order chi connectivity index (χ0) is 13.4. The Hall–Kier alpha value is -1.91. The predicted molar refractivity (Wildman–Crippen MR) is 72.0 cm³/mol. The van der Waals surface area contributed by atoms with Gasteiger partial charge in [0, 0.05) is 18.7 Å². The molecule has 0 spiro atoms. The molecule has 1 aliphatic carbocycles. The molecule has 2 aromatic rings. The normalized spacial score (nSPS) is 16.1. The van der Waals surface area contributed by atoms with E-state index in [2.05, 4.69) is 10.1 Å². The molecular weight excluding hydrogens is 243 g/mol. The van der Waals surface area contributed by atoms with Gasteiger partial charge in [0.15, 0.2) is 11.6 Å². The number of nitrogens with zero attached hydrogens (tertiary/aromatic N) is 3. The van der Waals surface area contributed by atoms with E-state index in [1.165, 1.54) is 18.9 Å². The molecule has 1 heterocycles. The first-order valence-corrected chi connectivity index (χ1v) is 6.61. The van der Waals surface area contributed by atoms with E-state index >= 15 is 0 Å². The lowest BCUT2D eigenvalue weighted by atomic mass is 10.1. The van der Waals surface area contributed by atoms with Crippen molar-refractivity contribution in [3.8, 4) is 11.4 Å². The van der Waals surface area contributed by atoms with Gasteiger partial charge >= 0.3 is 0 Å². The van der Waals surface area contributed by atoms with Crippen molar-refractivity contribution in [3.63, 3.8) is 0 Å². The summed E-state index contributed by atoms with van der Waals surface area (Å²) in [6, 6.07) is 4.53. The minimum Gasteiger partial charge on any atom is -0.399 e. The minimum atomic E-state index is -0.317. The maximum atomic E-state index is 13.9. The number of halogens is 1. The molecule has 3 rings (SSSR count). The number of aryl methyl sites for hydroxylation is 1. The predicted octanol–water partition coefficient (Wildman–Crippen LogP) is 2.86. The number of aromatic nitrogens is 3. The van der Waals surface area contributed by atoms with Crippen molar-refractivity contribution in [2.24, 2.45) is 7.05 Å². The Bertz CT molecular complexity index is 599. The summed E-state index contributed by atoms with van der Waals surface area (Å²) >= 11 is 0. The van der Waals surface area contributed by atoms with E-state index in [1.807, 2.05) is 0 Å². The van der Waals surface area contributed by atoms with Crippen molar-refractivity contribution in [3.05, 3.63) is 29.8 Å². The second kappa shape index (κ2) is 4.64. The van der Waals surface area contributed by atoms with Gasteiger partial charge in [0.05, 0.1) is 5.56 Å². The van der Waals surface area contributed by atoms with E-state index in [4.69, 9.17) is 5.73 Å². The summed E-state index contributed by atoms with van der Waals surface area (Å²) in [5, 5.41) is 4.44. The second-order valence-electron chi connectivity index (χ2n) is 5.14. The van der Waals surface area contributed by atoms with Crippen molar-refractivity contribution in [1.29, 1.82) is 0 Å². The third-order valence-corrected chi connectivity index (χ3v) is 3.73. The summed E-state index contributed by atoms with van der Waals surface area (Å²) in [5.41, 5.74) is 6.67. The van der Waals surface area contributed by atoms with Crippen molar-refractivity contribution >= 4 is 5.69 Å². The topological polar surface area (TPSA) is 56.7 Å². The largest absolute Gasteiger partial charge is 0.399 e. The van der Waals surface area contributed by atoms with Crippen molar-refractivity contribution < 1.29 is 4.39 Å². The number of rotatable bonds is 2. The SMILES string of the molecule is Cn1nc(C2CCCC2)nc1-c1cc(N)ccc1F. The summed E-state index contributed by atoms with van der Waals surface area (Å²) in [6.45, 7) is 0. The van der Waals surface area contributed by atoms with Gasteiger partial charge in [0.1, 0.15) is 5.82 Å².